The van der Waals surface area contributed by atoms with Crippen LogP contribution in [0.5, 0.6) is 0 Å². The van der Waals surface area contributed by atoms with Gasteiger partial charge in [0, 0.05) is 31.1 Å². The highest BCUT2D eigenvalue weighted by atomic mass is 35.5. The minimum absolute atomic E-state index is 0. The lowest BCUT2D eigenvalue weighted by atomic mass is 10.1. The van der Waals surface area contributed by atoms with E-state index in [1.165, 1.54) is 0 Å². The molecule has 0 fully saturated rings. The zero-order chi connectivity index (χ0) is 17.2. The van der Waals surface area contributed by atoms with Gasteiger partial charge in [0.05, 0.1) is 11.8 Å². The van der Waals surface area contributed by atoms with Crippen molar-refractivity contribution in [2.45, 2.75) is 13.0 Å². The molecule has 126 valence electrons. The lowest BCUT2D eigenvalue weighted by molar-refractivity contribution is 0.873. The van der Waals surface area contributed by atoms with Gasteiger partial charge < -0.3 is 5.32 Å². The minimum Gasteiger partial charge on any atom is -0.363 e. The van der Waals surface area contributed by atoms with Crippen molar-refractivity contribution in [3.8, 4) is 11.4 Å². The summed E-state index contributed by atoms with van der Waals surface area (Å²) in [4.78, 5) is 13.3. The molecule has 7 heteroatoms. The van der Waals surface area contributed by atoms with Gasteiger partial charge in [0.15, 0.2) is 11.5 Å². The van der Waals surface area contributed by atoms with E-state index in [1.54, 1.807) is 23.1 Å². The maximum Gasteiger partial charge on any atom is 0.166 e. The second-order valence-corrected chi connectivity index (χ2v) is 6.07. The second kappa shape index (κ2) is 6.49. The third kappa shape index (κ3) is 3.16. The van der Waals surface area contributed by atoms with Crippen molar-refractivity contribution in [2.24, 2.45) is 0 Å². The van der Waals surface area contributed by atoms with E-state index < -0.39 is 0 Å². The number of aromatic nitrogens is 5. The van der Waals surface area contributed by atoms with E-state index in [1.807, 2.05) is 42.6 Å². The lowest BCUT2D eigenvalue weighted by Gasteiger charge is -2.15. The first-order valence-corrected chi connectivity index (χ1v) is 8.22. The van der Waals surface area contributed by atoms with Crippen molar-refractivity contribution >= 4 is 23.1 Å². The molecule has 0 aliphatic rings. The molecular formula is C18H17ClN6. The average molecular weight is 353 g/mol. The normalized spacial score (nSPS) is 12.2. The van der Waals surface area contributed by atoms with Crippen LogP contribution in [0.4, 0.5) is 5.82 Å². The van der Waals surface area contributed by atoms with E-state index in [9.17, 15) is 0 Å². The van der Waals surface area contributed by atoms with Gasteiger partial charge in [-0.05, 0) is 36.8 Å². The molecule has 4 aromatic rings. The minimum atomic E-state index is 0. The Morgan fingerprint density at radius 2 is 1.96 bits per heavy atom. The van der Waals surface area contributed by atoms with Gasteiger partial charge in [0.1, 0.15) is 5.82 Å². The number of halogens is 1. The van der Waals surface area contributed by atoms with Crippen molar-refractivity contribution in [1.82, 2.24) is 24.6 Å². The van der Waals surface area contributed by atoms with Crippen LogP contribution in [0.15, 0.2) is 61.2 Å². The summed E-state index contributed by atoms with van der Waals surface area (Å²) >= 11 is 5.95. The van der Waals surface area contributed by atoms with Crippen LogP contribution in [0.2, 0.25) is 5.02 Å². The summed E-state index contributed by atoms with van der Waals surface area (Å²) in [6, 6.07) is 11.5. The standard InChI is InChI=1S/C18H15ClN6.H2/c1-12(13-3-5-14(19)6-4-13)23-16-7-9-20-17(24-16)15-11-22-25-10-2-8-21-18(15)25;/h2-12H,1H3,(H,20,23,24);1H/t12-;/m0./s1. The third-order valence-electron chi connectivity index (χ3n) is 3.91. The Morgan fingerprint density at radius 3 is 2.80 bits per heavy atom. The zero-order valence-electron chi connectivity index (χ0n) is 13.5. The first kappa shape index (κ1) is 15.5. The number of nitrogens with zero attached hydrogens (tertiary/aromatic N) is 5. The molecule has 1 N–H and O–H groups in total. The third-order valence-corrected chi connectivity index (χ3v) is 4.16. The van der Waals surface area contributed by atoms with E-state index in [-0.39, 0.29) is 7.47 Å². The SMILES string of the molecule is C[C@H](Nc1ccnc(-c2cnn3cccnc23)n1)c1ccc(Cl)cc1.[HH]. The molecule has 6 nitrogen and oxygen atoms in total. The molecule has 0 unspecified atom stereocenters. The number of rotatable bonds is 4. The molecule has 0 amide bonds. The Labute approximate surface area is 151 Å². The number of hydrogen-bond acceptors (Lipinski definition) is 5. The maximum atomic E-state index is 5.95. The van der Waals surface area contributed by atoms with Gasteiger partial charge in [0.2, 0.25) is 0 Å². The van der Waals surface area contributed by atoms with Crippen LogP contribution in [0.1, 0.15) is 20.0 Å². The summed E-state index contributed by atoms with van der Waals surface area (Å²) in [6.07, 6.45) is 7.03. The molecule has 0 radical (unpaired) electrons. The predicted octanol–water partition coefficient (Wildman–Crippen LogP) is 4.26. The van der Waals surface area contributed by atoms with E-state index in [0.29, 0.717) is 5.82 Å². The van der Waals surface area contributed by atoms with Gasteiger partial charge in [-0.3, -0.25) is 0 Å². The van der Waals surface area contributed by atoms with E-state index in [0.717, 1.165) is 27.6 Å². The van der Waals surface area contributed by atoms with Crippen molar-refractivity contribution in [3.05, 3.63) is 71.8 Å². The maximum absolute atomic E-state index is 5.95. The van der Waals surface area contributed by atoms with Crippen molar-refractivity contribution in [3.63, 3.8) is 0 Å². The number of fused-ring (bicyclic) bond motifs is 1. The number of nitrogens with one attached hydrogen (secondary N) is 1. The van der Waals surface area contributed by atoms with Gasteiger partial charge in [-0.15, -0.1) is 0 Å². The van der Waals surface area contributed by atoms with Crippen molar-refractivity contribution < 1.29 is 1.43 Å². The fraction of sp³-hybridized carbons (Fsp3) is 0.111. The molecule has 0 bridgehead atoms. The smallest absolute Gasteiger partial charge is 0.166 e. The predicted molar refractivity (Wildman–Crippen MR) is 99.6 cm³/mol. The second-order valence-electron chi connectivity index (χ2n) is 5.63. The summed E-state index contributed by atoms with van der Waals surface area (Å²) in [5.74, 6) is 1.32. The first-order chi connectivity index (χ1) is 12.2. The van der Waals surface area contributed by atoms with Gasteiger partial charge in [-0.2, -0.15) is 5.10 Å². The Balaban J connectivity index is 0.00000196. The molecule has 0 saturated heterocycles. The summed E-state index contributed by atoms with van der Waals surface area (Å²) in [5.41, 5.74) is 2.65. The highest BCUT2D eigenvalue weighted by molar-refractivity contribution is 6.30. The molecule has 0 aliphatic heterocycles. The summed E-state index contributed by atoms with van der Waals surface area (Å²) in [6.45, 7) is 2.07. The fourth-order valence-electron chi connectivity index (χ4n) is 2.61. The molecule has 0 aliphatic carbocycles. The van der Waals surface area contributed by atoms with Gasteiger partial charge >= 0.3 is 0 Å². The van der Waals surface area contributed by atoms with Crippen molar-refractivity contribution in [2.75, 3.05) is 5.32 Å². The van der Waals surface area contributed by atoms with Gasteiger partial charge in [-0.25, -0.2) is 19.5 Å². The summed E-state index contributed by atoms with van der Waals surface area (Å²) in [5, 5.41) is 8.39. The highest BCUT2D eigenvalue weighted by Crippen LogP contribution is 2.23. The van der Waals surface area contributed by atoms with Crippen molar-refractivity contribution in [1.29, 1.82) is 0 Å². The summed E-state index contributed by atoms with van der Waals surface area (Å²) in [7, 11) is 0. The number of hydrogen-bond donors (Lipinski definition) is 1. The average Bonchev–Trinajstić information content (AvgIpc) is 3.06. The number of benzene rings is 1. The monoisotopic (exact) mass is 352 g/mol. The lowest BCUT2D eigenvalue weighted by Crippen LogP contribution is -2.08. The largest absolute Gasteiger partial charge is 0.363 e. The molecule has 3 aromatic heterocycles. The van der Waals surface area contributed by atoms with Gasteiger partial charge in [0.25, 0.3) is 0 Å². The molecule has 4 rings (SSSR count). The fourth-order valence-corrected chi connectivity index (χ4v) is 2.74. The Bertz CT molecular complexity index is 1020. The van der Waals surface area contributed by atoms with Crippen LogP contribution in [0.25, 0.3) is 17.0 Å². The van der Waals surface area contributed by atoms with E-state index in [4.69, 9.17) is 11.6 Å². The molecule has 25 heavy (non-hydrogen) atoms. The van der Waals surface area contributed by atoms with E-state index >= 15 is 0 Å². The molecule has 1 aromatic carbocycles. The highest BCUT2D eigenvalue weighted by Gasteiger charge is 2.12. The van der Waals surface area contributed by atoms with Crippen LogP contribution < -0.4 is 5.32 Å². The van der Waals surface area contributed by atoms with Gasteiger partial charge in [-0.1, -0.05) is 23.7 Å². The molecule has 3 heterocycles. The molecule has 0 spiro atoms. The Morgan fingerprint density at radius 1 is 1.12 bits per heavy atom. The van der Waals surface area contributed by atoms with Crippen LogP contribution in [-0.4, -0.2) is 24.6 Å². The Kier molecular flexibility index (Phi) is 4.03. The quantitative estimate of drug-likeness (QED) is 0.594. The van der Waals surface area contributed by atoms with E-state index in [2.05, 4.69) is 32.3 Å². The number of anilines is 1. The summed E-state index contributed by atoms with van der Waals surface area (Å²) < 4.78 is 1.70. The van der Waals surface area contributed by atoms with Crippen LogP contribution in [0.3, 0.4) is 0 Å². The van der Waals surface area contributed by atoms with Crippen LogP contribution in [0, 0.1) is 0 Å². The topological polar surface area (TPSA) is 68.0 Å². The Hall–Kier alpha value is -2.99. The molecule has 0 saturated carbocycles. The van der Waals surface area contributed by atoms with Crippen LogP contribution >= 0.6 is 11.6 Å². The van der Waals surface area contributed by atoms with Crippen LogP contribution in [-0.2, 0) is 0 Å². The molecular weight excluding hydrogens is 336 g/mol. The zero-order valence-corrected chi connectivity index (χ0v) is 14.2. The first-order valence-electron chi connectivity index (χ1n) is 7.84. The molecule has 1 atom stereocenters.